The fourth-order valence-electron chi connectivity index (χ4n) is 5.19. The van der Waals surface area contributed by atoms with Crippen molar-refractivity contribution in [3.05, 3.63) is 99.6 Å². The first kappa shape index (κ1) is 25.8. The lowest BCUT2D eigenvalue weighted by Gasteiger charge is -2.19. The summed E-state index contributed by atoms with van der Waals surface area (Å²) in [5.74, 6) is 0.790. The smallest absolute Gasteiger partial charge is 0.261 e. The van der Waals surface area contributed by atoms with Crippen LogP contribution in [0.4, 0.5) is 0 Å². The third-order valence-corrected chi connectivity index (χ3v) is 7.29. The summed E-state index contributed by atoms with van der Waals surface area (Å²) in [4.78, 5) is 24.5. The first-order valence-corrected chi connectivity index (χ1v) is 13.1. The normalized spacial score (nSPS) is 17.6. The molecule has 0 unspecified atom stereocenters. The Kier molecular flexibility index (Phi) is 7.66. The molecule has 7 nitrogen and oxygen atoms in total. The Bertz CT molecular complexity index is 1540. The number of aliphatic hydroxyl groups excluding tert-OH is 1. The summed E-state index contributed by atoms with van der Waals surface area (Å²) in [6.07, 6.45) is 3.12. The molecule has 38 heavy (non-hydrogen) atoms. The minimum absolute atomic E-state index is 0.0343. The zero-order valence-corrected chi connectivity index (χ0v) is 21.8. The van der Waals surface area contributed by atoms with E-state index in [-0.39, 0.29) is 24.3 Å². The maximum atomic E-state index is 13.9. The van der Waals surface area contributed by atoms with Gasteiger partial charge in [-0.1, -0.05) is 61.9 Å². The maximum absolute atomic E-state index is 13.9. The number of unbranched alkanes of at least 4 members (excludes halogenated alkanes) is 1. The molecule has 0 aliphatic carbocycles. The van der Waals surface area contributed by atoms with Crippen LogP contribution >= 0.6 is 0 Å². The first-order valence-electron chi connectivity index (χ1n) is 13.1. The van der Waals surface area contributed by atoms with E-state index >= 15 is 0 Å². The van der Waals surface area contributed by atoms with Crippen LogP contribution in [0.5, 0.6) is 0 Å². The summed E-state index contributed by atoms with van der Waals surface area (Å²) >= 11 is 0. The Hall–Kier alpha value is -3.83. The van der Waals surface area contributed by atoms with Crippen LogP contribution in [0.2, 0.25) is 0 Å². The van der Waals surface area contributed by atoms with Crippen LogP contribution in [0.3, 0.4) is 0 Å². The van der Waals surface area contributed by atoms with Crippen molar-refractivity contribution in [2.45, 2.75) is 51.3 Å². The van der Waals surface area contributed by atoms with Crippen molar-refractivity contribution < 1.29 is 9.94 Å². The van der Waals surface area contributed by atoms with Gasteiger partial charge in [0.15, 0.2) is 0 Å². The van der Waals surface area contributed by atoms with Crippen molar-refractivity contribution in [3.63, 3.8) is 0 Å². The molecule has 194 valence electrons. The summed E-state index contributed by atoms with van der Waals surface area (Å²) in [6.45, 7) is 2.52. The van der Waals surface area contributed by atoms with Gasteiger partial charge in [0.1, 0.15) is 11.9 Å². The van der Waals surface area contributed by atoms with E-state index in [1.54, 1.807) is 9.63 Å². The Balaban J connectivity index is 1.51. The number of aliphatic hydroxyl groups is 1. The van der Waals surface area contributed by atoms with Gasteiger partial charge in [-0.3, -0.25) is 14.2 Å². The quantitative estimate of drug-likeness (QED) is 0.360. The van der Waals surface area contributed by atoms with Crippen LogP contribution < -0.4 is 5.56 Å². The van der Waals surface area contributed by atoms with Crippen molar-refractivity contribution >= 4 is 10.9 Å². The average molecular weight is 509 g/mol. The number of hydrogen-bond acceptors (Lipinski definition) is 6. The lowest BCUT2D eigenvalue weighted by molar-refractivity contribution is -0.153. The minimum atomic E-state index is -0.241. The van der Waals surface area contributed by atoms with E-state index in [1.807, 2.05) is 73.8 Å². The van der Waals surface area contributed by atoms with Gasteiger partial charge in [-0.25, -0.2) is 4.98 Å². The van der Waals surface area contributed by atoms with Crippen LogP contribution in [0.15, 0.2) is 71.5 Å². The number of benzene rings is 3. The lowest BCUT2D eigenvalue weighted by atomic mass is 9.99. The Morgan fingerprint density at radius 2 is 1.92 bits per heavy atom. The van der Waals surface area contributed by atoms with Crippen LogP contribution in [0.1, 0.15) is 54.7 Å². The number of aromatic nitrogens is 2. The molecule has 4 aromatic rings. The minimum Gasteiger partial charge on any atom is -0.394 e. The molecule has 0 amide bonds. The van der Waals surface area contributed by atoms with Gasteiger partial charge in [-0.05, 0) is 53.3 Å². The summed E-state index contributed by atoms with van der Waals surface area (Å²) in [7, 11) is 1.85. The molecule has 0 radical (unpaired) electrons. The Morgan fingerprint density at radius 1 is 1.13 bits per heavy atom. The van der Waals surface area contributed by atoms with Crippen molar-refractivity contribution in [1.29, 1.82) is 5.26 Å². The van der Waals surface area contributed by atoms with Gasteiger partial charge in [0.05, 0.1) is 41.7 Å². The highest BCUT2D eigenvalue weighted by Crippen LogP contribution is 2.33. The molecule has 1 saturated heterocycles. The van der Waals surface area contributed by atoms with Gasteiger partial charge in [-0.2, -0.15) is 10.3 Å². The molecule has 0 saturated carbocycles. The number of nitriles is 1. The van der Waals surface area contributed by atoms with Gasteiger partial charge >= 0.3 is 0 Å². The van der Waals surface area contributed by atoms with Crippen LogP contribution in [-0.4, -0.2) is 39.5 Å². The molecule has 0 spiro atoms. The highest BCUT2D eigenvalue weighted by molar-refractivity contribution is 5.78. The molecule has 1 fully saturated rings. The molecular weight excluding hydrogens is 476 g/mol. The standard InChI is InChI=1S/C31H32N4O3/c1-3-4-9-30-33-28-15-14-23(29-17-25(20-36)38-34(29)2)16-27(28)31(37)35(30)19-21-10-12-22(13-11-21)26-8-6-5-7-24(26)18-32/h5-8,10-16,25,29,36H,3-4,9,17,19-20H2,1-2H3/t25-,29+/m1/s1. The molecule has 1 aromatic heterocycles. The van der Waals surface area contributed by atoms with Crippen molar-refractivity contribution in [2.75, 3.05) is 13.7 Å². The van der Waals surface area contributed by atoms with E-state index in [9.17, 15) is 15.2 Å². The van der Waals surface area contributed by atoms with E-state index in [4.69, 9.17) is 9.82 Å². The SMILES string of the molecule is CCCCc1nc2ccc([C@@H]3C[C@H](CO)ON3C)cc2c(=O)n1Cc1ccc(-c2ccccc2C#N)cc1. The average Bonchev–Trinajstić information content (AvgIpc) is 3.34. The van der Waals surface area contributed by atoms with E-state index in [0.717, 1.165) is 47.3 Å². The molecule has 3 aromatic carbocycles. The summed E-state index contributed by atoms with van der Waals surface area (Å²) in [6, 6.07) is 23.7. The zero-order chi connectivity index (χ0) is 26.6. The van der Waals surface area contributed by atoms with Crippen molar-refractivity contribution in [2.24, 2.45) is 0 Å². The molecule has 5 rings (SSSR count). The largest absolute Gasteiger partial charge is 0.394 e. The van der Waals surface area contributed by atoms with Crippen LogP contribution in [0.25, 0.3) is 22.0 Å². The van der Waals surface area contributed by atoms with Crippen LogP contribution in [0, 0.1) is 11.3 Å². The number of hydrogen-bond donors (Lipinski definition) is 1. The van der Waals surface area contributed by atoms with Gasteiger partial charge in [0, 0.05) is 13.5 Å². The van der Waals surface area contributed by atoms with Gasteiger partial charge in [-0.15, -0.1) is 0 Å². The van der Waals surface area contributed by atoms with E-state index in [1.165, 1.54) is 0 Å². The van der Waals surface area contributed by atoms with Gasteiger partial charge in [0.25, 0.3) is 5.56 Å². The molecule has 1 aliphatic rings. The van der Waals surface area contributed by atoms with E-state index in [2.05, 4.69) is 13.0 Å². The summed E-state index contributed by atoms with van der Waals surface area (Å²) in [5.41, 5.74) is 5.11. The number of rotatable bonds is 8. The second kappa shape index (κ2) is 11.3. The predicted molar refractivity (Wildman–Crippen MR) is 147 cm³/mol. The number of hydroxylamine groups is 2. The highest BCUT2D eigenvalue weighted by Gasteiger charge is 2.32. The molecule has 2 atom stereocenters. The number of aryl methyl sites for hydroxylation is 1. The third kappa shape index (κ3) is 5.11. The number of nitrogens with zero attached hydrogens (tertiary/aromatic N) is 4. The first-order chi connectivity index (χ1) is 18.5. The van der Waals surface area contributed by atoms with Crippen LogP contribution in [-0.2, 0) is 17.8 Å². The van der Waals surface area contributed by atoms with Crippen molar-refractivity contribution in [1.82, 2.24) is 14.6 Å². The molecule has 1 N–H and O–H groups in total. The number of fused-ring (bicyclic) bond motifs is 1. The fraction of sp³-hybridized carbons (Fsp3) is 0.323. The third-order valence-electron chi connectivity index (χ3n) is 7.29. The topological polar surface area (TPSA) is 91.4 Å². The van der Waals surface area contributed by atoms with Gasteiger partial charge in [0.2, 0.25) is 0 Å². The monoisotopic (exact) mass is 508 g/mol. The molecular formula is C31H32N4O3. The predicted octanol–water partition coefficient (Wildman–Crippen LogP) is 5.00. The zero-order valence-electron chi connectivity index (χ0n) is 21.8. The second-order valence-electron chi connectivity index (χ2n) is 9.86. The van der Waals surface area contributed by atoms with E-state index < -0.39 is 0 Å². The van der Waals surface area contributed by atoms with Crippen molar-refractivity contribution in [3.8, 4) is 17.2 Å². The highest BCUT2D eigenvalue weighted by atomic mass is 16.7. The van der Waals surface area contributed by atoms with Gasteiger partial charge < -0.3 is 5.11 Å². The summed E-state index contributed by atoms with van der Waals surface area (Å²) in [5, 5.41) is 21.3. The van der Waals surface area contributed by atoms with E-state index in [0.29, 0.717) is 29.4 Å². The Labute approximate surface area is 222 Å². The molecule has 7 heteroatoms. The Morgan fingerprint density at radius 3 is 2.63 bits per heavy atom. The lowest BCUT2D eigenvalue weighted by Crippen LogP contribution is -2.26. The maximum Gasteiger partial charge on any atom is 0.261 e. The summed E-state index contributed by atoms with van der Waals surface area (Å²) < 4.78 is 1.80. The second-order valence-corrected chi connectivity index (χ2v) is 9.86. The fourth-order valence-corrected chi connectivity index (χ4v) is 5.19. The molecule has 0 bridgehead atoms. The molecule has 1 aliphatic heterocycles. The molecule has 2 heterocycles.